The van der Waals surface area contributed by atoms with Crippen molar-refractivity contribution in [3.63, 3.8) is 0 Å². The van der Waals surface area contributed by atoms with E-state index >= 15 is 0 Å². The minimum absolute atomic E-state index is 5.52. The van der Waals surface area contributed by atoms with Crippen molar-refractivity contribution in [3.8, 4) is 0 Å². The van der Waals surface area contributed by atoms with Crippen LogP contribution < -0.4 is 0 Å². The fourth-order valence-corrected chi connectivity index (χ4v) is 0. The van der Waals surface area contributed by atoms with E-state index in [0.717, 1.165) is 0 Å². The first-order valence-corrected chi connectivity index (χ1v) is 4.13. The van der Waals surface area contributed by atoms with E-state index in [1.54, 1.807) is 0 Å². The molecule has 0 saturated carbocycles. The van der Waals surface area contributed by atoms with Crippen molar-refractivity contribution < 1.29 is 31.1 Å². The third-order valence-electron chi connectivity index (χ3n) is 0. The zero-order chi connectivity index (χ0) is 4.50. The molecular formula is H2MoO4. The zero-order valence-corrected chi connectivity index (χ0v) is 4.13. The number of hydrogen-bond donors (Lipinski definition) is 2. The van der Waals surface area contributed by atoms with Crippen molar-refractivity contribution in [1.82, 2.24) is 0 Å². The Morgan fingerprint density at radius 1 is 1.20 bits per heavy atom. The molecule has 0 fully saturated rings. The van der Waals surface area contributed by atoms with Gasteiger partial charge in [0.15, 0.2) is 0 Å². The van der Waals surface area contributed by atoms with E-state index in [0.29, 0.717) is 0 Å². The van der Waals surface area contributed by atoms with E-state index in [1.807, 2.05) is 0 Å². The molecule has 0 bridgehead atoms. The summed E-state index contributed by atoms with van der Waals surface area (Å²) in [7, 11) is 0. The van der Waals surface area contributed by atoms with Gasteiger partial charge in [-0.1, -0.05) is 0 Å². The van der Waals surface area contributed by atoms with E-state index in [4.69, 9.17) is 14.3 Å². The average Bonchev–Trinajstić information content (AvgIpc) is 0.722. The van der Waals surface area contributed by atoms with Crippen LogP contribution in [-0.2, 0) is 23.5 Å². The summed E-state index contributed by atoms with van der Waals surface area (Å²) in [5, 5.41) is 0. The first-order valence-electron chi connectivity index (χ1n) is 0.698. The van der Waals surface area contributed by atoms with Crippen LogP contribution in [-0.4, -0.2) is 7.52 Å². The molecule has 0 rings (SSSR count). The summed E-state index contributed by atoms with van der Waals surface area (Å²) in [4.78, 5) is 0. The molecule has 0 aliphatic rings. The maximum absolute atomic E-state index is 8.85. The van der Waals surface area contributed by atoms with Gasteiger partial charge in [0.1, 0.15) is 0 Å². The second kappa shape index (κ2) is 1.12. The predicted molar refractivity (Wildman–Crippen MR) is 5.81 cm³/mol. The van der Waals surface area contributed by atoms with E-state index < -0.39 is 16.7 Å². The van der Waals surface area contributed by atoms with Crippen LogP contribution in [0, 0.1) is 0 Å². The molecule has 0 aliphatic carbocycles. The van der Waals surface area contributed by atoms with Crippen molar-refractivity contribution in [2.24, 2.45) is 0 Å². The van der Waals surface area contributed by atoms with Gasteiger partial charge in [-0.3, -0.25) is 0 Å². The van der Waals surface area contributed by atoms with Crippen molar-refractivity contribution in [2.45, 2.75) is 0 Å². The maximum atomic E-state index is 8.85. The molecule has 0 aromatic heterocycles. The molecule has 0 amide bonds. The third-order valence-corrected chi connectivity index (χ3v) is 0. The number of hydrogen-bond acceptors (Lipinski definition) is 2. The summed E-state index contributed by atoms with van der Waals surface area (Å²) < 4.78 is 32.0. The normalized spacial score (nSPS) is 11.6. The fraction of sp³-hybridized carbons (Fsp3) is 0. The quantitative estimate of drug-likeness (QED) is 0.435. The molecule has 0 heterocycles. The molecule has 0 saturated heterocycles. The van der Waals surface area contributed by atoms with Crippen LogP contribution in [0.25, 0.3) is 0 Å². The van der Waals surface area contributed by atoms with Gasteiger partial charge >= 0.3 is 31.1 Å². The van der Waals surface area contributed by atoms with Crippen LogP contribution >= 0.6 is 0 Å². The summed E-state index contributed by atoms with van der Waals surface area (Å²) in [5.74, 6) is 0. The molecule has 4 nitrogen and oxygen atoms in total. The Morgan fingerprint density at radius 3 is 1.20 bits per heavy atom. The molecule has 2 N–H and O–H groups in total. The minimum atomic E-state index is -5.52. The van der Waals surface area contributed by atoms with Crippen LogP contribution in [0.3, 0.4) is 0 Å². The van der Waals surface area contributed by atoms with Gasteiger partial charge in [0, 0.05) is 0 Å². The SMILES string of the molecule is [O]=[99Mo](=[O])([OH])[OH]. The van der Waals surface area contributed by atoms with Gasteiger partial charge in [0.2, 0.25) is 0 Å². The summed E-state index contributed by atoms with van der Waals surface area (Å²) in [6, 6.07) is 0. The Labute approximate surface area is 31.8 Å². The molecule has 32 valence electrons. The fourth-order valence-electron chi connectivity index (χ4n) is 0. The van der Waals surface area contributed by atoms with Crippen molar-refractivity contribution in [2.75, 3.05) is 0 Å². The summed E-state index contributed by atoms with van der Waals surface area (Å²) in [5.41, 5.74) is 0. The van der Waals surface area contributed by atoms with Gasteiger partial charge in [-0.15, -0.1) is 0 Å². The first kappa shape index (κ1) is 5.21. The Bertz CT molecular complexity index is 86.8. The predicted octanol–water partition coefficient (Wildman–Crippen LogP) is -1.35. The van der Waals surface area contributed by atoms with E-state index in [2.05, 4.69) is 0 Å². The molecule has 5 heteroatoms. The zero-order valence-electron chi connectivity index (χ0n) is 2.12. The number of rotatable bonds is 0. The molecule has 0 radical (unpaired) electrons. The van der Waals surface area contributed by atoms with Gasteiger partial charge in [-0.2, -0.15) is 0 Å². The van der Waals surface area contributed by atoms with Gasteiger partial charge in [-0.25, -0.2) is 0 Å². The van der Waals surface area contributed by atoms with E-state index in [9.17, 15) is 0 Å². The third kappa shape index (κ3) is 473. The van der Waals surface area contributed by atoms with Crippen LogP contribution in [0.4, 0.5) is 0 Å². The monoisotopic (exact) mass is 165 g/mol. The molecule has 0 aromatic carbocycles. The summed E-state index contributed by atoms with van der Waals surface area (Å²) in [6.07, 6.45) is 0. The Balaban J connectivity index is 4.06. The topological polar surface area (TPSA) is 74.6 Å². The molecule has 5 heavy (non-hydrogen) atoms. The molecule has 0 aliphatic heterocycles. The first-order chi connectivity index (χ1) is 2.00. The van der Waals surface area contributed by atoms with E-state index in [-0.39, 0.29) is 0 Å². The van der Waals surface area contributed by atoms with Crippen LogP contribution in [0.1, 0.15) is 0 Å². The second-order valence-electron chi connectivity index (χ2n) is 0.448. The van der Waals surface area contributed by atoms with Crippen molar-refractivity contribution >= 4 is 0 Å². The Kier molecular flexibility index (Phi) is 1.17. The average molecular weight is 165 g/mol. The molecule has 0 atom stereocenters. The van der Waals surface area contributed by atoms with Crippen LogP contribution in [0.2, 0.25) is 0 Å². The summed E-state index contributed by atoms with van der Waals surface area (Å²) >= 11 is -5.52. The van der Waals surface area contributed by atoms with Crippen molar-refractivity contribution in [3.05, 3.63) is 0 Å². The molecular weight excluding hydrogens is 163 g/mol. The van der Waals surface area contributed by atoms with Gasteiger partial charge < -0.3 is 0 Å². The molecule has 0 spiro atoms. The second-order valence-corrected chi connectivity index (χ2v) is 2.65. The molecule has 0 unspecified atom stereocenters. The Hall–Kier alpha value is 0.208. The van der Waals surface area contributed by atoms with Gasteiger partial charge in [0.25, 0.3) is 0 Å². The standard InChI is InChI=1S/Mo.2H2O.2O/h;2*1H2;;/q+2;;;;/p-2/i1+3;;;;. The molecule has 0 aromatic rings. The Morgan fingerprint density at radius 2 is 1.20 bits per heavy atom. The van der Waals surface area contributed by atoms with Crippen molar-refractivity contribution in [1.29, 1.82) is 0 Å². The van der Waals surface area contributed by atoms with Gasteiger partial charge in [0.05, 0.1) is 0 Å². The van der Waals surface area contributed by atoms with Crippen LogP contribution in [0.5, 0.6) is 0 Å². The van der Waals surface area contributed by atoms with Gasteiger partial charge in [-0.05, 0) is 0 Å². The summed E-state index contributed by atoms with van der Waals surface area (Å²) in [6.45, 7) is 0. The van der Waals surface area contributed by atoms with Crippen LogP contribution in [0.15, 0.2) is 0 Å². The van der Waals surface area contributed by atoms with E-state index in [1.165, 1.54) is 0 Å².